The molecule has 4 rings (SSSR count). The highest BCUT2D eigenvalue weighted by Gasteiger charge is 2.22. The minimum absolute atomic E-state index is 0. The molecule has 4 heterocycles. The van der Waals surface area contributed by atoms with Crippen LogP contribution in [-0.4, -0.2) is 60.5 Å². The number of nitrogens with zero attached hydrogens (tertiary/aromatic N) is 3. The molecular formula is C18H26ClN3O2. The summed E-state index contributed by atoms with van der Waals surface area (Å²) in [5.74, 6) is 0.600. The van der Waals surface area contributed by atoms with Gasteiger partial charge in [-0.2, -0.15) is 0 Å². The second-order valence-electron chi connectivity index (χ2n) is 6.48. The molecule has 0 N–H and O–H groups in total. The Morgan fingerprint density at radius 2 is 1.79 bits per heavy atom. The number of aromatic nitrogens is 2. The lowest BCUT2D eigenvalue weighted by atomic mass is 9.96. The van der Waals surface area contributed by atoms with Crippen molar-refractivity contribution in [3.8, 4) is 0 Å². The monoisotopic (exact) mass is 351 g/mol. The van der Waals surface area contributed by atoms with Gasteiger partial charge in [0.1, 0.15) is 5.65 Å². The topological polar surface area (TPSA) is 39.5 Å². The number of halogens is 1. The molecule has 0 radical (unpaired) electrons. The first-order chi connectivity index (χ1) is 11.4. The zero-order valence-electron chi connectivity index (χ0n) is 14.0. The van der Waals surface area contributed by atoms with E-state index in [4.69, 9.17) is 9.47 Å². The summed E-state index contributed by atoms with van der Waals surface area (Å²) in [7, 11) is 0. The normalized spacial score (nSPS) is 20.2. The van der Waals surface area contributed by atoms with Gasteiger partial charge < -0.3 is 14.0 Å². The van der Waals surface area contributed by atoms with Gasteiger partial charge in [-0.15, -0.1) is 12.4 Å². The molecule has 132 valence electrons. The van der Waals surface area contributed by atoms with Crippen LogP contribution in [-0.2, 0) is 16.0 Å². The van der Waals surface area contributed by atoms with Crippen LogP contribution >= 0.6 is 12.4 Å². The SMILES string of the molecule is Cl.c1cnc2c(c1)cc(C1CCOCC1)n2CCN1CCOCC1. The molecule has 2 aliphatic rings. The maximum absolute atomic E-state index is 5.54. The number of hydrogen-bond acceptors (Lipinski definition) is 4. The number of morpholine rings is 1. The Kier molecular flexibility index (Phi) is 6.11. The summed E-state index contributed by atoms with van der Waals surface area (Å²) in [5.41, 5.74) is 2.57. The lowest BCUT2D eigenvalue weighted by Crippen LogP contribution is -2.38. The molecular weight excluding hydrogens is 326 g/mol. The molecule has 0 aromatic carbocycles. The number of pyridine rings is 1. The van der Waals surface area contributed by atoms with Crippen molar-refractivity contribution >= 4 is 23.4 Å². The molecule has 0 spiro atoms. The van der Waals surface area contributed by atoms with Gasteiger partial charge >= 0.3 is 0 Å². The summed E-state index contributed by atoms with van der Waals surface area (Å²) in [4.78, 5) is 7.14. The molecule has 5 nitrogen and oxygen atoms in total. The molecule has 0 bridgehead atoms. The van der Waals surface area contributed by atoms with E-state index in [1.807, 2.05) is 12.3 Å². The van der Waals surface area contributed by atoms with Gasteiger partial charge in [0.05, 0.1) is 13.2 Å². The molecule has 0 atom stereocenters. The van der Waals surface area contributed by atoms with Gasteiger partial charge in [0, 0.05) is 62.6 Å². The van der Waals surface area contributed by atoms with Gasteiger partial charge in [-0.1, -0.05) is 0 Å². The Bertz CT molecular complexity index is 649. The van der Waals surface area contributed by atoms with Crippen molar-refractivity contribution < 1.29 is 9.47 Å². The highest BCUT2D eigenvalue weighted by atomic mass is 35.5. The second-order valence-corrected chi connectivity index (χ2v) is 6.48. The Hall–Kier alpha value is -1.14. The van der Waals surface area contributed by atoms with E-state index in [-0.39, 0.29) is 12.4 Å². The minimum Gasteiger partial charge on any atom is -0.381 e. The van der Waals surface area contributed by atoms with Crippen LogP contribution in [0.1, 0.15) is 24.5 Å². The van der Waals surface area contributed by atoms with Crippen molar-refractivity contribution in [3.05, 3.63) is 30.1 Å². The molecule has 0 saturated carbocycles. The van der Waals surface area contributed by atoms with Crippen LogP contribution in [0.4, 0.5) is 0 Å². The maximum Gasteiger partial charge on any atom is 0.140 e. The van der Waals surface area contributed by atoms with Crippen molar-refractivity contribution in [1.82, 2.24) is 14.5 Å². The third-order valence-electron chi connectivity index (χ3n) is 5.07. The Morgan fingerprint density at radius 1 is 1.04 bits per heavy atom. The van der Waals surface area contributed by atoms with Gasteiger partial charge in [0.2, 0.25) is 0 Å². The van der Waals surface area contributed by atoms with Gasteiger partial charge in [0.25, 0.3) is 0 Å². The molecule has 2 fully saturated rings. The van der Waals surface area contributed by atoms with Crippen LogP contribution < -0.4 is 0 Å². The first kappa shape index (κ1) is 17.7. The molecule has 0 aliphatic carbocycles. The highest BCUT2D eigenvalue weighted by Crippen LogP contribution is 2.31. The van der Waals surface area contributed by atoms with E-state index in [0.29, 0.717) is 5.92 Å². The number of rotatable bonds is 4. The van der Waals surface area contributed by atoms with Crippen molar-refractivity contribution in [2.24, 2.45) is 0 Å². The summed E-state index contributed by atoms with van der Waals surface area (Å²) < 4.78 is 13.4. The molecule has 24 heavy (non-hydrogen) atoms. The highest BCUT2D eigenvalue weighted by molar-refractivity contribution is 5.85. The quantitative estimate of drug-likeness (QED) is 0.849. The molecule has 6 heteroatoms. The first-order valence-electron chi connectivity index (χ1n) is 8.74. The largest absolute Gasteiger partial charge is 0.381 e. The second kappa shape index (κ2) is 8.30. The summed E-state index contributed by atoms with van der Waals surface area (Å²) >= 11 is 0. The fraction of sp³-hybridized carbons (Fsp3) is 0.611. The number of fused-ring (bicyclic) bond motifs is 1. The van der Waals surface area contributed by atoms with Gasteiger partial charge in [0.15, 0.2) is 0 Å². The summed E-state index contributed by atoms with van der Waals surface area (Å²) in [6.45, 7) is 7.63. The predicted octanol–water partition coefficient (Wildman–Crippen LogP) is 2.68. The van der Waals surface area contributed by atoms with E-state index in [1.165, 1.54) is 11.1 Å². The van der Waals surface area contributed by atoms with Crippen LogP contribution in [0.2, 0.25) is 0 Å². The molecule has 2 aromatic rings. The molecule has 2 saturated heterocycles. The van der Waals surface area contributed by atoms with Crippen molar-refractivity contribution in [3.63, 3.8) is 0 Å². The fourth-order valence-corrected chi connectivity index (χ4v) is 3.74. The zero-order valence-corrected chi connectivity index (χ0v) is 14.8. The Labute approximate surface area is 149 Å². The third kappa shape index (κ3) is 3.75. The number of hydrogen-bond donors (Lipinski definition) is 0. The molecule has 0 amide bonds. The van der Waals surface area contributed by atoms with Crippen molar-refractivity contribution in [2.45, 2.75) is 25.3 Å². The van der Waals surface area contributed by atoms with Gasteiger partial charge in [-0.25, -0.2) is 4.98 Å². The molecule has 0 unspecified atom stereocenters. The van der Waals surface area contributed by atoms with E-state index in [1.54, 1.807) is 0 Å². The van der Waals surface area contributed by atoms with E-state index in [0.717, 1.165) is 71.1 Å². The predicted molar refractivity (Wildman–Crippen MR) is 97.0 cm³/mol. The Morgan fingerprint density at radius 3 is 2.58 bits per heavy atom. The average molecular weight is 352 g/mol. The van der Waals surface area contributed by atoms with E-state index in [9.17, 15) is 0 Å². The standard InChI is InChI=1S/C18H25N3O2.ClH/c1-2-16-14-17(15-3-10-22-11-4-15)21(18(16)19-5-1)7-6-20-8-12-23-13-9-20;/h1-2,5,14-15H,3-4,6-13H2;1H. The van der Waals surface area contributed by atoms with Gasteiger partial charge in [-0.05, 0) is 31.0 Å². The van der Waals surface area contributed by atoms with E-state index < -0.39 is 0 Å². The average Bonchev–Trinajstić information content (AvgIpc) is 3.00. The third-order valence-corrected chi connectivity index (χ3v) is 5.07. The van der Waals surface area contributed by atoms with E-state index >= 15 is 0 Å². The van der Waals surface area contributed by atoms with Crippen LogP contribution in [0, 0.1) is 0 Å². The van der Waals surface area contributed by atoms with Crippen LogP contribution in [0.5, 0.6) is 0 Å². The van der Waals surface area contributed by atoms with E-state index in [2.05, 4.69) is 26.6 Å². The number of ether oxygens (including phenoxy) is 2. The zero-order chi connectivity index (χ0) is 15.5. The van der Waals surface area contributed by atoms with Crippen molar-refractivity contribution in [2.75, 3.05) is 46.1 Å². The maximum atomic E-state index is 5.54. The first-order valence-corrected chi connectivity index (χ1v) is 8.74. The lowest BCUT2D eigenvalue weighted by molar-refractivity contribution is 0.0362. The van der Waals surface area contributed by atoms with Crippen LogP contribution in [0.3, 0.4) is 0 Å². The van der Waals surface area contributed by atoms with Crippen LogP contribution in [0.15, 0.2) is 24.4 Å². The lowest BCUT2D eigenvalue weighted by Gasteiger charge is -2.28. The van der Waals surface area contributed by atoms with Crippen molar-refractivity contribution in [1.29, 1.82) is 0 Å². The molecule has 2 aromatic heterocycles. The summed E-state index contributed by atoms with van der Waals surface area (Å²) in [5, 5.41) is 1.26. The summed E-state index contributed by atoms with van der Waals surface area (Å²) in [6, 6.07) is 6.55. The summed E-state index contributed by atoms with van der Waals surface area (Å²) in [6.07, 6.45) is 4.14. The smallest absolute Gasteiger partial charge is 0.140 e. The molecule has 2 aliphatic heterocycles. The van der Waals surface area contributed by atoms with Gasteiger partial charge in [-0.3, -0.25) is 4.90 Å². The fourth-order valence-electron chi connectivity index (χ4n) is 3.74. The van der Waals surface area contributed by atoms with Crippen LogP contribution in [0.25, 0.3) is 11.0 Å². The minimum atomic E-state index is 0. The Balaban J connectivity index is 0.00000169.